The number of halogens is 4. The van der Waals surface area contributed by atoms with Crippen LogP contribution in [0.25, 0.3) is 16.8 Å². The molecule has 0 amide bonds. The molecular weight excluding hydrogens is 384 g/mol. The van der Waals surface area contributed by atoms with E-state index in [9.17, 15) is 32.3 Å². The Labute approximate surface area is 154 Å². The van der Waals surface area contributed by atoms with Crippen molar-refractivity contribution in [3.63, 3.8) is 0 Å². The molecule has 1 N–H and O–H groups in total. The lowest BCUT2D eigenvalue weighted by Gasteiger charge is -2.11. The van der Waals surface area contributed by atoms with Crippen molar-refractivity contribution < 1.29 is 32.2 Å². The highest BCUT2D eigenvalue weighted by Gasteiger charge is 2.31. The molecule has 10 heteroatoms. The van der Waals surface area contributed by atoms with E-state index in [1.807, 2.05) is 0 Å². The fourth-order valence-corrected chi connectivity index (χ4v) is 2.51. The van der Waals surface area contributed by atoms with Gasteiger partial charge in [-0.2, -0.15) is 9.78 Å². The number of aromatic nitrogens is 2. The highest BCUT2D eigenvalue weighted by molar-refractivity contribution is 5.95. The van der Waals surface area contributed by atoms with Crippen LogP contribution < -0.4 is 10.3 Å². The van der Waals surface area contributed by atoms with Crippen LogP contribution in [0.3, 0.4) is 0 Å². The summed E-state index contributed by atoms with van der Waals surface area (Å²) in [6.07, 6.45) is -3.81. The summed E-state index contributed by atoms with van der Waals surface area (Å²) < 4.78 is 54.6. The molecule has 0 unspecified atom stereocenters. The summed E-state index contributed by atoms with van der Waals surface area (Å²) in [5, 5.41) is 13.3. The molecular formula is C18H10F4N2O4. The zero-order valence-corrected chi connectivity index (χ0v) is 13.8. The summed E-state index contributed by atoms with van der Waals surface area (Å²) in [6, 6.07) is 9.12. The van der Waals surface area contributed by atoms with Crippen molar-refractivity contribution in [2.24, 2.45) is 0 Å². The molecule has 0 saturated carbocycles. The van der Waals surface area contributed by atoms with E-state index < -0.39 is 35.0 Å². The molecule has 144 valence electrons. The Morgan fingerprint density at radius 1 is 1.11 bits per heavy atom. The monoisotopic (exact) mass is 394 g/mol. The number of ether oxygens (including phenoxy) is 1. The Morgan fingerprint density at radius 2 is 1.79 bits per heavy atom. The minimum Gasteiger partial charge on any atom is -0.477 e. The summed E-state index contributed by atoms with van der Waals surface area (Å²) in [7, 11) is 0. The van der Waals surface area contributed by atoms with Crippen LogP contribution in [0.15, 0.2) is 59.5 Å². The van der Waals surface area contributed by atoms with E-state index in [1.165, 1.54) is 12.1 Å². The Morgan fingerprint density at radius 3 is 2.36 bits per heavy atom. The molecule has 1 aromatic heterocycles. The fourth-order valence-electron chi connectivity index (χ4n) is 2.51. The van der Waals surface area contributed by atoms with Crippen LogP contribution in [-0.4, -0.2) is 27.2 Å². The zero-order valence-electron chi connectivity index (χ0n) is 13.8. The first-order chi connectivity index (χ1) is 13.2. The summed E-state index contributed by atoms with van der Waals surface area (Å²) in [6.45, 7) is 0. The molecule has 1 heterocycles. The highest BCUT2D eigenvalue weighted by Crippen LogP contribution is 2.27. The summed E-state index contributed by atoms with van der Waals surface area (Å²) in [4.78, 5) is 24.2. The molecule has 0 saturated heterocycles. The van der Waals surface area contributed by atoms with Gasteiger partial charge in [0.25, 0.3) is 5.56 Å². The van der Waals surface area contributed by atoms with Crippen molar-refractivity contribution in [3.8, 4) is 22.6 Å². The van der Waals surface area contributed by atoms with Gasteiger partial charge in [0.2, 0.25) is 0 Å². The third kappa shape index (κ3) is 4.00. The van der Waals surface area contributed by atoms with Gasteiger partial charge in [-0.15, -0.1) is 13.2 Å². The minimum atomic E-state index is -4.87. The van der Waals surface area contributed by atoms with E-state index in [0.29, 0.717) is 0 Å². The number of hydrogen-bond donors (Lipinski definition) is 1. The number of benzene rings is 2. The smallest absolute Gasteiger partial charge is 0.477 e. The van der Waals surface area contributed by atoms with Crippen molar-refractivity contribution in [1.82, 2.24) is 9.78 Å². The predicted octanol–water partition coefficient (Wildman–Crippen LogP) is 3.64. The second-order valence-electron chi connectivity index (χ2n) is 5.51. The van der Waals surface area contributed by atoms with Crippen molar-refractivity contribution >= 4 is 5.97 Å². The Kier molecular flexibility index (Phi) is 4.87. The zero-order chi connectivity index (χ0) is 20.5. The SMILES string of the molecule is O=C(O)c1c(-c2ccc(OC(F)(F)F)cc2)cnn(-c2cccc(F)c2)c1=O. The van der Waals surface area contributed by atoms with Crippen molar-refractivity contribution in [3.05, 3.63) is 76.5 Å². The third-order valence-corrected chi connectivity index (χ3v) is 3.64. The molecule has 28 heavy (non-hydrogen) atoms. The van der Waals surface area contributed by atoms with E-state index in [2.05, 4.69) is 9.84 Å². The van der Waals surface area contributed by atoms with E-state index in [1.54, 1.807) is 0 Å². The van der Waals surface area contributed by atoms with Crippen LogP contribution in [-0.2, 0) is 0 Å². The maximum Gasteiger partial charge on any atom is 0.573 e. The van der Waals surface area contributed by atoms with Gasteiger partial charge in [0.15, 0.2) is 0 Å². The van der Waals surface area contributed by atoms with Crippen molar-refractivity contribution in [1.29, 1.82) is 0 Å². The first-order valence-electron chi connectivity index (χ1n) is 7.63. The number of alkyl halides is 3. The molecule has 0 aliphatic rings. The van der Waals surface area contributed by atoms with E-state index >= 15 is 0 Å². The number of carbonyl (C=O) groups is 1. The van der Waals surface area contributed by atoms with Gasteiger partial charge in [-0.3, -0.25) is 4.79 Å². The largest absolute Gasteiger partial charge is 0.573 e. The van der Waals surface area contributed by atoms with Crippen molar-refractivity contribution in [2.45, 2.75) is 6.36 Å². The number of aromatic carboxylic acids is 1. The van der Waals surface area contributed by atoms with E-state index in [4.69, 9.17) is 0 Å². The third-order valence-electron chi connectivity index (χ3n) is 3.64. The predicted molar refractivity (Wildman–Crippen MR) is 88.9 cm³/mol. The molecule has 0 aliphatic heterocycles. The molecule has 2 aromatic carbocycles. The average Bonchev–Trinajstić information content (AvgIpc) is 2.60. The fraction of sp³-hybridized carbons (Fsp3) is 0.0556. The molecule has 3 rings (SSSR count). The van der Waals surface area contributed by atoms with Gasteiger partial charge in [0, 0.05) is 5.56 Å². The van der Waals surface area contributed by atoms with Crippen LogP contribution in [0.5, 0.6) is 5.75 Å². The standard InChI is InChI=1S/C18H10F4N2O4/c19-11-2-1-3-12(8-11)24-16(25)15(17(26)27)14(9-23-24)10-4-6-13(7-5-10)28-18(20,21)22/h1-9H,(H,26,27). The maximum absolute atomic E-state index is 13.4. The van der Waals surface area contributed by atoms with Crippen LogP contribution in [0.1, 0.15) is 10.4 Å². The lowest BCUT2D eigenvalue weighted by molar-refractivity contribution is -0.274. The average molecular weight is 394 g/mol. The van der Waals surface area contributed by atoms with Gasteiger partial charge in [-0.05, 0) is 35.9 Å². The van der Waals surface area contributed by atoms with Crippen LogP contribution in [0, 0.1) is 5.82 Å². The number of rotatable bonds is 4. The lowest BCUT2D eigenvalue weighted by Crippen LogP contribution is -2.28. The molecule has 6 nitrogen and oxygen atoms in total. The number of nitrogens with zero attached hydrogens (tertiary/aromatic N) is 2. The van der Waals surface area contributed by atoms with Gasteiger partial charge < -0.3 is 9.84 Å². The Hall–Kier alpha value is -3.69. The van der Waals surface area contributed by atoms with Crippen molar-refractivity contribution in [2.75, 3.05) is 0 Å². The second kappa shape index (κ2) is 7.14. The first kappa shape index (κ1) is 19.1. The number of carboxylic acid groups (broad SMARTS) is 1. The second-order valence-corrected chi connectivity index (χ2v) is 5.51. The van der Waals surface area contributed by atoms with Gasteiger partial charge in [-0.25, -0.2) is 9.18 Å². The van der Waals surface area contributed by atoms with Crippen LogP contribution in [0.2, 0.25) is 0 Å². The Bertz CT molecular complexity index is 1090. The highest BCUT2D eigenvalue weighted by atomic mass is 19.4. The molecule has 0 fully saturated rings. The van der Waals surface area contributed by atoms with Gasteiger partial charge in [-0.1, -0.05) is 18.2 Å². The lowest BCUT2D eigenvalue weighted by atomic mass is 10.0. The molecule has 0 spiro atoms. The van der Waals surface area contributed by atoms with Gasteiger partial charge in [0.1, 0.15) is 17.1 Å². The Balaban J connectivity index is 2.09. The summed E-state index contributed by atoms with van der Waals surface area (Å²) in [5.41, 5.74) is -1.63. The van der Waals surface area contributed by atoms with E-state index in [-0.39, 0.29) is 16.8 Å². The molecule has 0 aliphatic carbocycles. The molecule has 0 atom stereocenters. The maximum atomic E-state index is 13.4. The van der Waals surface area contributed by atoms with Gasteiger partial charge in [0.05, 0.1) is 11.9 Å². The molecule has 0 radical (unpaired) electrons. The minimum absolute atomic E-state index is 0.0213. The summed E-state index contributed by atoms with van der Waals surface area (Å²) in [5.74, 6) is -2.72. The normalized spacial score (nSPS) is 11.3. The first-order valence-corrected chi connectivity index (χ1v) is 7.63. The van der Waals surface area contributed by atoms with Crippen LogP contribution >= 0.6 is 0 Å². The number of carboxylic acids is 1. The van der Waals surface area contributed by atoms with Crippen LogP contribution in [0.4, 0.5) is 17.6 Å². The van der Waals surface area contributed by atoms with Gasteiger partial charge >= 0.3 is 12.3 Å². The number of hydrogen-bond acceptors (Lipinski definition) is 4. The quantitative estimate of drug-likeness (QED) is 0.684. The van der Waals surface area contributed by atoms with E-state index in [0.717, 1.165) is 47.3 Å². The molecule has 3 aromatic rings. The topological polar surface area (TPSA) is 81.4 Å². The summed E-state index contributed by atoms with van der Waals surface area (Å²) >= 11 is 0. The molecule has 0 bridgehead atoms.